The zero-order chi connectivity index (χ0) is 17.0. The maximum absolute atomic E-state index is 12.6. The second-order valence-corrected chi connectivity index (χ2v) is 7.21. The summed E-state index contributed by atoms with van der Waals surface area (Å²) in [6, 6.07) is 1.91. The Balaban J connectivity index is 2.07. The molecule has 0 radical (unpaired) electrons. The van der Waals surface area contributed by atoms with Crippen molar-refractivity contribution in [1.29, 1.82) is 0 Å². The van der Waals surface area contributed by atoms with E-state index in [0.717, 1.165) is 18.8 Å². The minimum atomic E-state index is -0.0126. The van der Waals surface area contributed by atoms with Crippen LogP contribution in [0, 0.1) is 0 Å². The van der Waals surface area contributed by atoms with E-state index in [-0.39, 0.29) is 11.4 Å². The summed E-state index contributed by atoms with van der Waals surface area (Å²) in [7, 11) is 4.02. The van der Waals surface area contributed by atoms with E-state index in [1.54, 1.807) is 4.68 Å². The topological polar surface area (TPSA) is 50.2 Å². The standard InChI is InChI=1S/C18H32N4O/c1-6-21(4)18(10-8-7-9-11-18)13-19-17(23)16-12-15(14(2)3)20-22(16)5/h12,14H,6-11,13H2,1-5H3,(H,19,23). The molecule has 0 atom stereocenters. The molecule has 1 aliphatic rings. The molecule has 1 aromatic rings. The van der Waals surface area contributed by atoms with Gasteiger partial charge in [-0.3, -0.25) is 14.4 Å². The summed E-state index contributed by atoms with van der Waals surface area (Å²) in [6.45, 7) is 8.11. The zero-order valence-electron chi connectivity index (χ0n) is 15.4. The van der Waals surface area contributed by atoms with Gasteiger partial charge in [-0.2, -0.15) is 5.10 Å². The number of nitrogens with zero attached hydrogens (tertiary/aromatic N) is 3. The largest absolute Gasteiger partial charge is 0.349 e. The molecule has 2 rings (SSSR count). The Hall–Kier alpha value is -1.36. The lowest BCUT2D eigenvalue weighted by molar-refractivity contribution is 0.0695. The number of rotatable bonds is 6. The van der Waals surface area contributed by atoms with Crippen LogP contribution in [0.1, 0.15) is 75.0 Å². The van der Waals surface area contributed by atoms with Crippen LogP contribution < -0.4 is 5.32 Å². The van der Waals surface area contributed by atoms with Crippen molar-refractivity contribution in [1.82, 2.24) is 20.0 Å². The average molecular weight is 320 g/mol. The molecule has 1 heterocycles. The molecule has 1 fully saturated rings. The van der Waals surface area contributed by atoms with Crippen molar-refractivity contribution in [3.8, 4) is 0 Å². The maximum atomic E-state index is 12.6. The highest BCUT2D eigenvalue weighted by atomic mass is 16.2. The van der Waals surface area contributed by atoms with Crippen LogP contribution in [-0.4, -0.2) is 46.3 Å². The van der Waals surface area contributed by atoms with Crippen molar-refractivity contribution in [3.63, 3.8) is 0 Å². The van der Waals surface area contributed by atoms with Crippen molar-refractivity contribution in [3.05, 3.63) is 17.5 Å². The Morgan fingerprint density at radius 2 is 2.04 bits per heavy atom. The minimum Gasteiger partial charge on any atom is -0.349 e. The predicted octanol–water partition coefficient (Wildman–Crippen LogP) is 2.93. The Kier molecular flexibility index (Phi) is 5.84. The molecular formula is C18H32N4O. The highest BCUT2D eigenvalue weighted by molar-refractivity contribution is 5.92. The number of aryl methyl sites for hydroxylation is 1. The highest BCUT2D eigenvalue weighted by Crippen LogP contribution is 2.32. The lowest BCUT2D eigenvalue weighted by Gasteiger charge is -2.44. The molecule has 1 amide bonds. The molecule has 0 saturated heterocycles. The van der Waals surface area contributed by atoms with Crippen LogP contribution in [0.25, 0.3) is 0 Å². The van der Waals surface area contributed by atoms with E-state index in [1.807, 2.05) is 13.1 Å². The first-order valence-electron chi connectivity index (χ1n) is 8.93. The molecule has 0 unspecified atom stereocenters. The Bertz CT molecular complexity index is 529. The average Bonchev–Trinajstić information content (AvgIpc) is 2.95. The summed E-state index contributed by atoms with van der Waals surface area (Å²) in [5.41, 5.74) is 1.73. The number of carbonyl (C=O) groups excluding carboxylic acids is 1. The van der Waals surface area contributed by atoms with Gasteiger partial charge in [0.1, 0.15) is 5.69 Å². The Labute approximate surface area is 140 Å². The van der Waals surface area contributed by atoms with E-state index < -0.39 is 0 Å². The lowest BCUT2D eigenvalue weighted by Crippen LogP contribution is -2.55. The van der Waals surface area contributed by atoms with E-state index >= 15 is 0 Å². The van der Waals surface area contributed by atoms with E-state index in [1.165, 1.54) is 32.1 Å². The van der Waals surface area contributed by atoms with Gasteiger partial charge in [0.2, 0.25) is 0 Å². The molecule has 1 saturated carbocycles. The minimum absolute atomic E-state index is 0.0126. The number of hydrogen-bond donors (Lipinski definition) is 1. The number of nitrogens with one attached hydrogen (secondary N) is 1. The maximum Gasteiger partial charge on any atom is 0.269 e. The first-order valence-corrected chi connectivity index (χ1v) is 8.93. The van der Waals surface area contributed by atoms with Crippen molar-refractivity contribution < 1.29 is 4.79 Å². The fourth-order valence-electron chi connectivity index (χ4n) is 3.56. The fourth-order valence-corrected chi connectivity index (χ4v) is 3.56. The fraction of sp³-hybridized carbons (Fsp3) is 0.778. The van der Waals surface area contributed by atoms with Gasteiger partial charge in [0.05, 0.1) is 5.69 Å². The summed E-state index contributed by atoms with van der Waals surface area (Å²) in [5.74, 6) is 0.319. The van der Waals surface area contributed by atoms with Gasteiger partial charge in [0.15, 0.2) is 0 Å². The zero-order valence-corrected chi connectivity index (χ0v) is 15.4. The smallest absolute Gasteiger partial charge is 0.269 e. The van der Waals surface area contributed by atoms with Crippen molar-refractivity contribution in [2.24, 2.45) is 7.05 Å². The van der Waals surface area contributed by atoms with Gasteiger partial charge in [-0.05, 0) is 38.4 Å². The van der Waals surface area contributed by atoms with Gasteiger partial charge in [-0.25, -0.2) is 0 Å². The van der Waals surface area contributed by atoms with Crippen LogP contribution in [0.5, 0.6) is 0 Å². The third kappa shape index (κ3) is 3.94. The number of amides is 1. The SMILES string of the molecule is CCN(C)C1(CNC(=O)c2cc(C(C)C)nn2C)CCCCC1. The summed E-state index contributed by atoms with van der Waals surface area (Å²) in [4.78, 5) is 15.0. The lowest BCUT2D eigenvalue weighted by atomic mass is 9.80. The number of carbonyl (C=O) groups is 1. The molecular weight excluding hydrogens is 288 g/mol. The van der Waals surface area contributed by atoms with Crippen LogP contribution in [0.2, 0.25) is 0 Å². The van der Waals surface area contributed by atoms with E-state index in [9.17, 15) is 4.79 Å². The van der Waals surface area contributed by atoms with Gasteiger partial charge in [-0.15, -0.1) is 0 Å². The number of likely N-dealkylation sites (N-methyl/N-ethyl adjacent to an activating group) is 1. The van der Waals surface area contributed by atoms with Gasteiger partial charge in [0, 0.05) is 19.1 Å². The van der Waals surface area contributed by atoms with Gasteiger partial charge < -0.3 is 5.32 Å². The predicted molar refractivity (Wildman–Crippen MR) is 93.8 cm³/mol. The summed E-state index contributed by atoms with van der Waals surface area (Å²) < 4.78 is 1.70. The molecule has 130 valence electrons. The molecule has 0 bridgehead atoms. The second kappa shape index (κ2) is 7.47. The molecule has 23 heavy (non-hydrogen) atoms. The van der Waals surface area contributed by atoms with Crippen LogP contribution in [-0.2, 0) is 7.05 Å². The van der Waals surface area contributed by atoms with E-state index in [2.05, 4.69) is 43.1 Å². The van der Waals surface area contributed by atoms with Crippen molar-refractivity contribution >= 4 is 5.91 Å². The van der Waals surface area contributed by atoms with Crippen LogP contribution in [0.3, 0.4) is 0 Å². The molecule has 1 aromatic heterocycles. The van der Waals surface area contributed by atoms with Crippen LogP contribution in [0.4, 0.5) is 0 Å². The van der Waals surface area contributed by atoms with Crippen LogP contribution in [0.15, 0.2) is 6.07 Å². The third-order valence-electron chi connectivity index (χ3n) is 5.37. The molecule has 0 spiro atoms. The van der Waals surface area contributed by atoms with Gasteiger partial charge >= 0.3 is 0 Å². The second-order valence-electron chi connectivity index (χ2n) is 7.21. The first-order chi connectivity index (χ1) is 10.9. The summed E-state index contributed by atoms with van der Waals surface area (Å²) in [6.07, 6.45) is 6.15. The monoisotopic (exact) mass is 320 g/mol. The summed E-state index contributed by atoms with van der Waals surface area (Å²) >= 11 is 0. The summed E-state index contributed by atoms with van der Waals surface area (Å²) in [5, 5.41) is 7.62. The van der Waals surface area contributed by atoms with E-state index in [4.69, 9.17) is 0 Å². The van der Waals surface area contributed by atoms with Crippen molar-refractivity contribution in [2.45, 2.75) is 64.3 Å². The van der Waals surface area contributed by atoms with E-state index in [0.29, 0.717) is 11.6 Å². The molecule has 1 aliphatic carbocycles. The molecule has 1 N–H and O–H groups in total. The third-order valence-corrected chi connectivity index (χ3v) is 5.37. The van der Waals surface area contributed by atoms with Crippen LogP contribution >= 0.6 is 0 Å². The first kappa shape index (κ1) is 18.0. The van der Waals surface area contributed by atoms with Crippen molar-refractivity contribution in [2.75, 3.05) is 20.1 Å². The normalized spacial score (nSPS) is 17.7. The highest BCUT2D eigenvalue weighted by Gasteiger charge is 2.35. The molecule has 5 nitrogen and oxygen atoms in total. The number of hydrogen-bond acceptors (Lipinski definition) is 3. The number of aromatic nitrogens is 2. The Morgan fingerprint density at radius 3 is 2.57 bits per heavy atom. The van der Waals surface area contributed by atoms with Gasteiger partial charge in [-0.1, -0.05) is 40.0 Å². The van der Waals surface area contributed by atoms with Gasteiger partial charge in [0.25, 0.3) is 5.91 Å². The molecule has 5 heteroatoms. The Morgan fingerprint density at radius 1 is 1.39 bits per heavy atom. The molecule has 0 aliphatic heterocycles. The molecule has 0 aromatic carbocycles. The quantitative estimate of drug-likeness (QED) is 0.877.